The van der Waals surface area contributed by atoms with Crippen LogP contribution >= 0.6 is 11.6 Å². The van der Waals surface area contributed by atoms with Crippen LogP contribution in [0.15, 0.2) is 35.5 Å². The minimum Gasteiger partial charge on any atom is -0.493 e. The van der Waals surface area contributed by atoms with Gasteiger partial charge in [0.05, 0.1) is 31.2 Å². The molecule has 1 aromatic carbocycles. The number of anilines is 1. The van der Waals surface area contributed by atoms with Gasteiger partial charge in [-0.05, 0) is 12.1 Å². The monoisotopic (exact) mass is 318 g/mol. The van der Waals surface area contributed by atoms with Crippen LogP contribution in [0.5, 0.6) is 11.5 Å². The van der Waals surface area contributed by atoms with Crippen LogP contribution in [-0.4, -0.2) is 30.7 Å². The van der Waals surface area contributed by atoms with Crippen LogP contribution in [0.25, 0.3) is 11.3 Å². The number of pyridine rings is 1. The number of methoxy groups -OCH3 is 2. The van der Waals surface area contributed by atoms with Crippen molar-refractivity contribution in [1.29, 1.82) is 0 Å². The van der Waals surface area contributed by atoms with Crippen molar-refractivity contribution in [2.45, 2.75) is 5.25 Å². The van der Waals surface area contributed by atoms with Gasteiger partial charge in [-0.1, -0.05) is 17.7 Å². The van der Waals surface area contributed by atoms with Crippen molar-refractivity contribution in [2.24, 2.45) is 10.7 Å². The maximum absolute atomic E-state index is 6.05. The Morgan fingerprint density at radius 1 is 1.27 bits per heavy atom. The number of fused-ring (bicyclic) bond motifs is 1. The summed E-state index contributed by atoms with van der Waals surface area (Å²) in [6, 6.07) is 7.40. The van der Waals surface area contributed by atoms with Gasteiger partial charge >= 0.3 is 0 Å². The van der Waals surface area contributed by atoms with Crippen LogP contribution < -0.4 is 20.5 Å². The van der Waals surface area contributed by atoms with Crippen LogP contribution in [-0.2, 0) is 0 Å². The number of aliphatic imine (C=N–C) groups is 1. The number of halogens is 1. The molecule has 3 N–H and O–H groups in total. The molecule has 114 valence electrons. The maximum atomic E-state index is 6.05. The molecule has 0 amide bonds. The number of hydrogen-bond acceptors (Lipinski definition) is 6. The number of nitrogens with one attached hydrogen (secondary N) is 1. The number of ether oxygens (including phenoxy) is 2. The molecule has 2 aromatic rings. The van der Waals surface area contributed by atoms with Gasteiger partial charge in [0, 0.05) is 24.0 Å². The Bertz CT molecular complexity index is 732. The second-order valence-electron chi connectivity index (χ2n) is 4.72. The van der Waals surface area contributed by atoms with Gasteiger partial charge in [-0.2, -0.15) is 0 Å². The van der Waals surface area contributed by atoms with E-state index in [-0.39, 0.29) is 0 Å². The Hall–Kier alpha value is -2.31. The molecule has 22 heavy (non-hydrogen) atoms. The summed E-state index contributed by atoms with van der Waals surface area (Å²) in [4.78, 5) is 8.49. The minimum absolute atomic E-state index is 0.553. The van der Waals surface area contributed by atoms with Crippen molar-refractivity contribution in [3.05, 3.63) is 36.0 Å². The zero-order chi connectivity index (χ0) is 15.7. The molecule has 1 unspecified atom stereocenters. The van der Waals surface area contributed by atoms with Crippen LogP contribution in [0, 0.1) is 0 Å². The summed E-state index contributed by atoms with van der Waals surface area (Å²) < 4.78 is 10.9. The second-order valence-corrected chi connectivity index (χ2v) is 5.30. The average Bonchev–Trinajstić information content (AvgIpc) is 2.52. The Morgan fingerprint density at radius 3 is 2.73 bits per heavy atom. The van der Waals surface area contributed by atoms with E-state index in [1.807, 2.05) is 18.2 Å². The van der Waals surface area contributed by atoms with E-state index >= 15 is 0 Å². The van der Waals surface area contributed by atoms with Gasteiger partial charge in [-0.25, -0.2) is 4.99 Å². The normalized spacial score (nSPS) is 19.3. The lowest BCUT2D eigenvalue weighted by Crippen LogP contribution is -2.42. The largest absolute Gasteiger partial charge is 0.493 e. The number of benzene rings is 1. The molecule has 0 fully saturated rings. The molecule has 0 saturated carbocycles. The molecule has 6 nitrogen and oxygen atoms in total. The van der Waals surface area contributed by atoms with E-state index in [0.717, 1.165) is 16.8 Å². The third-order valence-electron chi connectivity index (χ3n) is 3.32. The van der Waals surface area contributed by atoms with Crippen LogP contribution in [0.4, 0.5) is 5.69 Å². The van der Waals surface area contributed by atoms with Crippen molar-refractivity contribution in [2.75, 3.05) is 19.5 Å². The van der Waals surface area contributed by atoms with Gasteiger partial charge in [-0.3, -0.25) is 10.7 Å². The standard InChI is InChI=1S/C15H15ClN4O2/c1-21-12-7-11-9(8-19-15(16,17)20-11)13(14(12)22-2)10-5-3-4-6-18-10/h3-8,20H,17H2,1-2H3. The maximum Gasteiger partial charge on any atom is 0.262 e. The molecule has 0 radical (unpaired) electrons. The average molecular weight is 319 g/mol. The van der Waals surface area contributed by atoms with Crippen molar-refractivity contribution in [3.63, 3.8) is 0 Å². The molecule has 1 aliphatic rings. The first-order valence-electron chi connectivity index (χ1n) is 6.57. The summed E-state index contributed by atoms with van der Waals surface area (Å²) in [7, 11) is 3.15. The minimum atomic E-state index is -1.38. The molecule has 0 bridgehead atoms. The Labute approximate surface area is 132 Å². The van der Waals surface area contributed by atoms with E-state index in [1.165, 1.54) is 0 Å². The molecular formula is C15H15ClN4O2. The third-order valence-corrected chi connectivity index (χ3v) is 3.51. The molecule has 0 spiro atoms. The number of alkyl halides is 1. The van der Waals surface area contributed by atoms with Gasteiger partial charge in [0.1, 0.15) is 0 Å². The van der Waals surface area contributed by atoms with Crippen LogP contribution in [0.3, 0.4) is 0 Å². The molecule has 0 aliphatic carbocycles. The highest BCUT2D eigenvalue weighted by Crippen LogP contribution is 2.44. The fraction of sp³-hybridized carbons (Fsp3) is 0.200. The summed E-state index contributed by atoms with van der Waals surface area (Å²) in [6.45, 7) is 0. The summed E-state index contributed by atoms with van der Waals surface area (Å²) in [5, 5.41) is 1.57. The van der Waals surface area contributed by atoms with Gasteiger partial charge in [-0.15, -0.1) is 0 Å². The molecule has 2 heterocycles. The van der Waals surface area contributed by atoms with Crippen LogP contribution in [0.1, 0.15) is 5.56 Å². The number of hydrogen-bond donors (Lipinski definition) is 2. The lowest BCUT2D eigenvalue weighted by atomic mass is 9.99. The van der Waals surface area contributed by atoms with Gasteiger partial charge < -0.3 is 14.8 Å². The first-order valence-corrected chi connectivity index (χ1v) is 6.95. The summed E-state index contributed by atoms with van der Waals surface area (Å²) in [6.07, 6.45) is 3.33. The van der Waals surface area contributed by atoms with E-state index in [1.54, 1.807) is 32.7 Å². The Balaban J connectivity index is 2.31. The highest BCUT2D eigenvalue weighted by molar-refractivity contribution is 6.26. The fourth-order valence-electron chi connectivity index (χ4n) is 2.39. The van der Waals surface area contributed by atoms with Crippen molar-refractivity contribution in [3.8, 4) is 22.8 Å². The van der Waals surface area contributed by atoms with E-state index < -0.39 is 5.25 Å². The third kappa shape index (κ3) is 2.47. The molecule has 1 aliphatic heterocycles. The molecule has 0 saturated heterocycles. The number of nitrogens with zero attached hydrogens (tertiary/aromatic N) is 2. The Morgan fingerprint density at radius 2 is 2.09 bits per heavy atom. The molecule has 1 aromatic heterocycles. The van der Waals surface area contributed by atoms with Crippen molar-refractivity contribution >= 4 is 23.5 Å². The number of nitrogens with two attached hydrogens (primary N) is 1. The zero-order valence-corrected chi connectivity index (χ0v) is 12.9. The Kier molecular flexibility index (Phi) is 3.64. The number of aromatic nitrogens is 1. The van der Waals surface area contributed by atoms with E-state index in [4.69, 9.17) is 26.8 Å². The van der Waals surface area contributed by atoms with E-state index in [2.05, 4.69) is 15.3 Å². The van der Waals surface area contributed by atoms with Gasteiger partial charge in [0.15, 0.2) is 11.5 Å². The topological polar surface area (TPSA) is 81.8 Å². The molecular weight excluding hydrogens is 304 g/mol. The summed E-state index contributed by atoms with van der Waals surface area (Å²) >= 11 is 6.05. The first kappa shape index (κ1) is 14.6. The predicted molar refractivity (Wildman–Crippen MR) is 86.8 cm³/mol. The molecule has 7 heteroatoms. The molecule has 1 atom stereocenters. The van der Waals surface area contributed by atoms with Gasteiger partial charge in [0.2, 0.25) is 0 Å². The fourth-order valence-corrected chi connectivity index (χ4v) is 2.54. The summed E-state index contributed by atoms with van der Waals surface area (Å²) in [5.41, 5.74) is 8.80. The SMILES string of the molecule is COc1cc2c(c(-c3ccccn3)c1OC)C=NC(N)(Cl)N2. The quantitative estimate of drug-likeness (QED) is 0.671. The number of rotatable bonds is 3. The first-order chi connectivity index (χ1) is 10.6. The van der Waals surface area contributed by atoms with Crippen molar-refractivity contribution < 1.29 is 9.47 Å². The van der Waals surface area contributed by atoms with Crippen molar-refractivity contribution in [1.82, 2.24) is 4.98 Å². The van der Waals surface area contributed by atoms with Crippen LogP contribution in [0.2, 0.25) is 0 Å². The summed E-state index contributed by atoms with van der Waals surface area (Å²) in [5.74, 6) is 1.13. The smallest absolute Gasteiger partial charge is 0.262 e. The predicted octanol–water partition coefficient (Wildman–Crippen LogP) is 2.42. The lowest BCUT2D eigenvalue weighted by molar-refractivity contribution is 0.356. The highest BCUT2D eigenvalue weighted by atomic mass is 35.5. The second kappa shape index (κ2) is 5.47. The van der Waals surface area contributed by atoms with E-state index in [9.17, 15) is 0 Å². The van der Waals surface area contributed by atoms with Gasteiger partial charge in [0.25, 0.3) is 5.25 Å². The lowest BCUT2D eigenvalue weighted by Gasteiger charge is -2.28. The van der Waals surface area contributed by atoms with E-state index in [0.29, 0.717) is 17.2 Å². The highest BCUT2D eigenvalue weighted by Gasteiger charge is 2.29. The zero-order valence-electron chi connectivity index (χ0n) is 12.1. The molecule has 3 rings (SSSR count).